The summed E-state index contributed by atoms with van der Waals surface area (Å²) in [6, 6.07) is 7.88. The van der Waals surface area contributed by atoms with Gasteiger partial charge in [0.15, 0.2) is 0 Å². The summed E-state index contributed by atoms with van der Waals surface area (Å²) in [7, 11) is 0. The van der Waals surface area contributed by atoms with Crippen molar-refractivity contribution in [3.63, 3.8) is 0 Å². The van der Waals surface area contributed by atoms with Gasteiger partial charge in [-0.15, -0.1) is 0 Å². The van der Waals surface area contributed by atoms with Crippen LogP contribution in [-0.2, 0) is 11.3 Å². The van der Waals surface area contributed by atoms with Crippen LogP contribution < -0.4 is 0 Å². The van der Waals surface area contributed by atoms with Gasteiger partial charge in [0, 0.05) is 18.2 Å². The van der Waals surface area contributed by atoms with Gasteiger partial charge in [-0.2, -0.15) is 0 Å². The van der Waals surface area contributed by atoms with Crippen molar-refractivity contribution in [3.05, 3.63) is 29.8 Å². The van der Waals surface area contributed by atoms with Gasteiger partial charge >= 0.3 is 0 Å². The van der Waals surface area contributed by atoms with Gasteiger partial charge in [0.05, 0.1) is 13.3 Å². The molecule has 14 heavy (non-hydrogen) atoms. The van der Waals surface area contributed by atoms with E-state index in [0.717, 1.165) is 18.7 Å². The molecule has 1 aliphatic rings. The Kier molecular flexibility index (Phi) is 2.70. The summed E-state index contributed by atoms with van der Waals surface area (Å²) in [6.45, 7) is 4.34. The van der Waals surface area contributed by atoms with Crippen molar-refractivity contribution >= 4 is 0 Å². The van der Waals surface area contributed by atoms with Crippen LogP contribution >= 0.6 is 0 Å². The lowest BCUT2D eigenvalue weighted by molar-refractivity contribution is 0.134. The van der Waals surface area contributed by atoms with Gasteiger partial charge in [-0.3, -0.25) is 4.90 Å². The molecule has 1 heterocycles. The van der Waals surface area contributed by atoms with Gasteiger partial charge in [-0.05, 0) is 13.0 Å². The zero-order valence-electron chi connectivity index (χ0n) is 8.31. The number of rotatable bonds is 2. The maximum atomic E-state index is 9.59. The standard InChI is InChI=1S/C11H15NO2/c1-9-7-14-8-12(9)6-10-4-2-3-5-11(10)13/h2-5,9,13H,6-8H2,1H3/t9-/m0/s1. The molecule has 1 saturated heterocycles. The molecular formula is C11H15NO2. The number of ether oxygens (including phenoxy) is 1. The first kappa shape index (κ1) is 9.49. The van der Waals surface area contributed by atoms with E-state index in [-0.39, 0.29) is 0 Å². The maximum absolute atomic E-state index is 9.59. The molecule has 3 nitrogen and oxygen atoms in total. The van der Waals surface area contributed by atoms with Crippen molar-refractivity contribution in [2.75, 3.05) is 13.3 Å². The first-order valence-electron chi connectivity index (χ1n) is 4.86. The van der Waals surface area contributed by atoms with Crippen LogP contribution in [0.1, 0.15) is 12.5 Å². The van der Waals surface area contributed by atoms with Gasteiger partial charge in [0.25, 0.3) is 0 Å². The van der Waals surface area contributed by atoms with Crippen LogP contribution in [0, 0.1) is 0 Å². The van der Waals surface area contributed by atoms with E-state index < -0.39 is 0 Å². The molecule has 0 spiro atoms. The van der Waals surface area contributed by atoms with Gasteiger partial charge in [-0.1, -0.05) is 18.2 Å². The van der Waals surface area contributed by atoms with E-state index in [2.05, 4.69) is 11.8 Å². The zero-order chi connectivity index (χ0) is 9.97. The molecule has 1 fully saturated rings. The van der Waals surface area contributed by atoms with E-state index in [9.17, 15) is 5.11 Å². The molecule has 0 radical (unpaired) electrons. The topological polar surface area (TPSA) is 32.7 Å². The Bertz CT molecular complexity index is 314. The maximum Gasteiger partial charge on any atom is 0.120 e. The second-order valence-electron chi connectivity index (χ2n) is 3.72. The van der Waals surface area contributed by atoms with E-state index in [1.54, 1.807) is 6.07 Å². The first-order valence-corrected chi connectivity index (χ1v) is 4.86. The van der Waals surface area contributed by atoms with Crippen LogP contribution in [0.3, 0.4) is 0 Å². The number of hydrogen-bond donors (Lipinski definition) is 1. The molecule has 0 aliphatic carbocycles. The van der Waals surface area contributed by atoms with E-state index in [4.69, 9.17) is 4.74 Å². The number of benzene rings is 1. The van der Waals surface area contributed by atoms with Crippen molar-refractivity contribution in [2.45, 2.75) is 19.5 Å². The van der Waals surface area contributed by atoms with E-state index >= 15 is 0 Å². The third kappa shape index (κ3) is 1.89. The predicted octanol–water partition coefficient (Wildman–Crippen LogP) is 1.57. The number of phenols is 1. The van der Waals surface area contributed by atoms with Gasteiger partial charge in [-0.25, -0.2) is 0 Å². The van der Waals surface area contributed by atoms with Gasteiger partial charge < -0.3 is 9.84 Å². The lowest BCUT2D eigenvalue weighted by atomic mass is 10.2. The van der Waals surface area contributed by atoms with Crippen molar-refractivity contribution in [1.29, 1.82) is 0 Å². The quantitative estimate of drug-likeness (QED) is 0.773. The molecule has 76 valence electrons. The van der Waals surface area contributed by atoms with Crippen molar-refractivity contribution in [2.24, 2.45) is 0 Å². The second kappa shape index (κ2) is 3.98. The fourth-order valence-electron chi connectivity index (χ4n) is 1.64. The monoisotopic (exact) mass is 193 g/mol. The summed E-state index contributed by atoms with van der Waals surface area (Å²) in [5.41, 5.74) is 0.963. The fraction of sp³-hybridized carbons (Fsp3) is 0.455. The third-order valence-electron chi connectivity index (χ3n) is 2.60. The molecule has 1 atom stereocenters. The Hall–Kier alpha value is -1.06. The highest BCUT2D eigenvalue weighted by atomic mass is 16.5. The van der Waals surface area contributed by atoms with Gasteiger partial charge in [0.2, 0.25) is 0 Å². The van der Waals surface area contributed by atoms with Crippen LogP contribution in [0.2, 0.25) is 0 Å². The molecule has 0 aromatic heterocycles. The lowest BCUT2D eigenvalue weighted by Crippen LogP contribution is -2.27. The number of aromatic hydroxyl groups is 1. The minimum Gasteiger partial charge on any atom is -0.508 e. The fourth-order valence-corrected chi connectivity index (χ4v) is 1.64. The smallest absolute Gasteiger partial charge is 0.120 e. The molecule has 0 amide bonds. The molecule has 0 saturated carbocycles. The van der Waals surface area contributed by atoms with E-state index in [1.807, 2.05) is 18.2 Å². The highest BCUT2D eigenvalue weighted by Crippen LogP contribution is 2.20. The molecule has 0 unspecified atom stereocenters. The van der Waals surface area contributed by atoms with Crippen LogP contribution in [0.25, 0.3) is 0 Å². The Morgan fingerprint density at radius 3 is 2.93 bits per heavy atom. The number of phenolic OH excluding ortho intramolecular Hbond substituents is 1. The Balaban J connectivity index is 2.07. The normalized spacial score (nSPS) is 22.8. The second-order valence-corrected chi connectivity index (χ2v) is 3.72. The van der Waals surface area contributed by atoms with Crippen molar-refractivity contribution in [3.8, 4) is 5.75 Å². The molecule has 1 aromatic carbocycles. The summed E-state index contributed by atoms with van der Waals surface area (Å²) in [5.74, 6) is 0.367. The largest absolute Gasteiger partial charge is 0.508 e. The molecular weight excluding hydrogens is 178 g/mol. The van der Waals surface area contributed by atoms with Gasteiger partial charge in [0.1, 0.15) is 5.75 Å². The van der Waals surface area contributed by atoms with E-state index in [1.165, 1.54) is 0 Å². The van der Waals surface area contributed by atoms with E-state index in [0.29, 0.717) is 18.5 Å². The molecule has 0 bridgehead atoms. The molecule has 2 rings (SSSR count). The van der Waals surface area contributed by atoms with Crippen molar-refractivity contribution in [1.82, 2.24) is 4.90 Å². The SMILES string of the molecule is C[C@H]1COCN1Cc1ccccc1O. The highest BCUT2D eigenvalue weighted by molar-refractivity contribution is 5.31. The molecule has 3 heteroatoms. The minimum atomic E-state index is 0.367. The third-order valence-corrected chi connectivity index (χ3v) is 2.60. The molecule has 1 aromatic rings. The highest BCUT2D eigenvalue weighted by Gasteiger charge is 2.21. The lowest BCUT2D eigenvalue weighted by Gasteiger charge is -2.18. The number of hydrogen-bond acceptors (Lipinski definition) is 3. The predicted molar refractivity (Wildman–Crippen MR) is 53.9 cm³/mol. The molecule has 1 aliphatic heterocycles. The average Bonchev–Trinajstić information content (AvgIpc) is 2.56. The average molecular weight is 193 g/mol. The van der Waals surface area contributed by atoms with Crippen LogP contribution in [0.15, 0.2) is 24.3 Å². The minimum absolute atomic E-state index is 0.367. The summed E-state index contributed by atoms with van der Waals surface area (Å²) in [6.07, 6.45) is 0. The summed E-state index contributed by atoms with van der Waals surface area (Å²) in [5, 5.41) is 9.59. The zero-order valence-corrected chi connectivity index (χ0v) is 8.31. The summed E-state index contributed by atoms with van der Waals surface area (Å²) in [4.78, 5) is 2.20. The van der Waals surface area contributed by atoms with Crippen LogP contribution in [0.5, 0.6) is 5.75 Å². The summed E-state index contributed by atoms with van der Waals surface area (Å²) < 4.78 is 5.33. The first-order chi connectivity index (χ1) is 6.77. The van der Waals surface area contributed by atoms with Crippen LogP contribution in [-0.4, -0.2) is 29.4 Å². The van der Waals surface area contributed by atoms with Crippen LogP contribution in [0.4, 0.5) is 0 Å². The summed E-state index contributed by atoms with van der Waals surface area (Å²) >= 11 is 0. The molecule has 1 N–H and O–H groups in total. The number of nitrogens with zero attached hydrogens (tertiary/aromatic N) is 1. The Morgan fingerprint density at radius 2 is 2.29 bits per heavy atom. The number of para-hydroxylation sites is 1. The van der Waals surface area contributed by atoms with Crippen molar-refractivity contribution < 1.29 is 9.84 Å². The Morgan fingerprint density at radius 1 is 1.50 bits per heavy atom. The Labute approximate surface area is 83.9 Å².